The minimum atomic E-state index is -1.26. The zero-order chi connectivity index (χ0) is 21.8. The van der Waals surface area contributed by atoms with Crippen LogP contribution in [0.25, 0.3) is 11.3 Å². The van der Waals surface area contributed by atoms with Crippen molar-refractivity contribution in [3.05, 3.63) is 70.4 Å². The smallest absolute Gasteiger partial charge is 0.382 e. The van der Waals surface area contributed by atoms with Crippen molar-refractivity contribution < 1.29 is 9.08 Å². The normalized spacial score (nSPS) is 11.9. The monoisotopic (exact) mass is 444 g/mol. The molecule has 1 heterocycles. The summed E-state index contributed by atoms with van der Waals surface area (Å²) in [5, 5.41) is 8.69. The van der Waals surface area contributed by atoms with Gasteiger partial charge < -0.3 is 5.73 Å². The molecular formula is C19H19ClN7O2S+. The number of aromatic nitrogens is 2. The molecule has 3 aromatic rings. The fourth-order valence-corrected chi connectivity index (χ4v) is 3.37. The van der Waals surface area contributed by atoms with Gasteiger partial charge in [-0.05, 0) is 55.4 Å². The predicted molar refractivity (Wildman–Crippen MR) is 118 cm³/mol. The first-order chi connectivity index (χ1) is 14.3. The third-order valence-electron chi connectivity index (χ3n) is 3.99. The van der Waals surface area contributed by atoms with Crippen molar-refractivity contribution in [2.24, 2.45) is 0 Å². The number of nitrogens with zero attached hydrogens (tertiary/aromatic N) is 4. The highest BCUT2D eigenvalue weighted by Gasteiger charge is 2.25. The molecule has 154 valence electrons. The van der Waals surface area contributed by atoms with E-state index in [9.17, 15) is 9.12 Å². The summed E-state index contributed by atoms with van der Waals surface area (Å²) >= 11 is 5.83. The van der Waals surface area contributed by atoms with E-state index < -0.39 is 16.8 Å². The molecule has 0 saturated carbocycles. The molecule has 0 radical (unpaired) electrons. The summed E-state index contributed by atoms with van der Waals surface area (Å²) in [7, 11) is 2.18. The number of amidine groups is 1. The van der Waals surface area contributed by atoms with Gasteiger partial charge in [0, 0.05) is 10.6 Å². The highest BCUT2D eigenvalue weighted by molar-refractivity contribution is 7.82. The maximum absolute atomic E-state index is 12.4. The van der Waals surface area contributed by atoms with Crippen LogP contribution >= 0.6 is 11.6 Å². The summed E-state index contributed by atoms with van der Waals surface area (Å²) < 4.78 is 13.7. The molecule has 30 heavy (non-hydrogen) atoms. The molecule has 2 aromatic carbocycles. The van der Waals surface area contributed by atoms with Crippen molar-refractivity contribution in [1.29, 1.82) is 5.41 Å². The Kier molecular flexibility index (Phi) is 6.50. The average molecular weight is 445 g/mol. The van der Waals surface area contributed by atoms with Gasteiger partial charge in [-0.3, -0.25) is 0 Å². The molecule has 0 spiro atoms. The molecule has 1 aromatic heterocycles. The van der Waals surface area contributed by atoms with Gasteiger partial charge in [-0.1, -0.05) is 29.1 Å². The lowest BCUT2D eigenvalue weighted by Crippen LogP contribution is -2.26. The number of nitrogens with one attached hydrogen (secondary N) is 2. The highest BCUT2D eigenvalue weighted by Crippen LogP contribution is 2.21. The fraction of sp³-hybridized carbons (Fsp3) is 0.105. The van der Waals surface area contributed by atoms with E-state index in [0.29, 0.717) is 26.9 Å². The van der Waals surface area contributed by atoms with Crippen LogP contribution in [-0.4, -0.2) is 43.3 Å². The summed E-state index contributed by atoms with van der Waals surface area (Å²) in [5.41, 5.74) is 9.85. The molecule has 4 N–H and O–H groups in total. The zero-order valence-electron chi connectivity index (χ0n) is 16.2. The first-order valence-electron chi connectivity index (χ1n) is 8.67. The van der Waals surface area contributed by atoms with Crippen molar-refractivity contribution in [3.63, 3.8) is 0 Å². The molecule has 0 amide bonds. The SMILES string of the molecule is CN(C)S(=O)c1ccc(-c2cnc(N)c(C(=N)[N+](=O)Nc3ccc(Cl)cc3)n2)cc1. The second-order valence-electron chi connectivity index (χ2n) is 6.34. The quantitative estimate of drug-likeness (QED) is 0.232. The Balaban J connectivity index is 1.84. The van der Waals surface area contributed by atoms with Crippen LogP contribution in [0, 0.1) is 10.3 Å². The van der Waals surface area contributed by atoms with Gasteiger partial charge in [-0.25, -0.2) is 18.5 Å². The fourth-order valence-electron chi connectivity index (χ4n) is 2.46. The van der Waals surface area contributed by atoms with E-state index in [1.54, 1.807) is 66.9 Å². The second-order valence-corrected chi connectivity index (χ2v) is 8.47. The van der Waals surface area contributed by atoms with Crippen LogP contribution in [0.5, 0.6) is 0 Å². The average Bonchev–Trinajstić information content (AvgIpc) is 2.74. The number of hydrogen-bond acceptors (Lipinski definition) is 6. The predicted octanol–water partition coefficient (Wildman–Crippen LogP) is 3.09. The Hall–Kier alpha value is -3.21. The summed E-state index contributed by atoms with van der Waals surface area (Å²) in [6, 6.07) is 13.4. The Morgan fingerprint density at radius 2 is 1.80 bits per heavy atom. The third kappa shape index (κ3) is 4.85. The largest absolute Gasteiger partial charge is 0.410 e. The molecule has 0 aliphatic heterocycles. The van der Waals surface area contributed by atoms with E-state index in [0.717, 1.165) is 0 Å². The number of rotatable bonds is 6. The van der Waals surface area contributed by atoms with Crippen molar-refractivity contribution in [3.8, 4) is 11.3 Å². The minimum absolute atomic E-state index is 0.0483. The van der Waals surface area contributed by atoms with Gasteiger partial charge in [0.15, 0.2) is 5.82 Å². The van der Waals surface area contributed by atoms with Gasteiger partial charge in [0.2, 0.25) is 5.69 Å². The van der Waals surface area contributed by atoms with Gasteiger partial charge >= 0.3 is 5.84 Å². The summed E-state index contributed by atoms with van der Waals surface area (Å²) in [4.78, 5) is 21.6. The number of benzene rings is 2. The molecule has 0 aliphatic rings. The van der Waals surface area contributed by atoms with Crippen LogP contribution in [0.2, 0.25) is 5.02 Å². The number of nitrogen functional groups attached to an aromatic ring is 1. The number of hydrogen-bond donors (Lipinski definition) is 3. The topological polar surface area (TPSA) is 128 Å². The molecule has 0 fully saturated rings. The lowest BCUT2D eigenvalue weighted by molar-refractivity contribution is -0.394. The van der Waals surface area contributed by atoms with Gasteiger partial charge in [-0.2, -0.15) is 5.43 Å². The lowest BCUT2D eigenvalue weighted by Gasteiger charge is -2.10. The molecule has 11 heteroatoms. The van der Waals surface area contributed by atoms with Crippen molar-refractivity contribution in [2.45, 2.75) is 4.90 Å². The lowest BCUT2D eigenvalue weighted by atomic mass is 10.1. The molecule has 0 saturated heterocycles. The molecule has 0 bridgehead atoms. The van der Waals surface area contributed by atoms with Gasteiger partial charge in [0.25, 0.3) is 0 Å². The molecule has 0 aliphatic carbocycles. The van der Waals surface area contributed by atoms with Crippen molar-refractivity contribution >= 4 is 39.9 Å². The number of nitroso groups, excluding NO2 is 1. The standard InChI is InChI=1S/C19H19ClN7O2S/c1-26(2)30(29)15-9-3-12(4-10-15)16-11-23-18(21)17(24-16)19(22)27(28)25-14-7-5-13(20)6-8-14/h3-11,22H,1-2H3,(H2,21,23)(H,25,28)/q+1. The van der Waals surface area contributed by atoms with E-state index in [2.05, 4.69) is 15.4 Å². The first-order valence-corrected chi connectivity index (χ1v) is 10.2. The first kappa shape index (κ1) is 21.5. The van der Waals surface area contributed by atoms with Gasteiger partial charge in [-0.15, -0.1) is 0 Å². The van der Waals surface area contributed by atoms with Crippen LogP contribution in [-0.2, 0) is 11.0 Å². The van der Waals surface area contributed by atoms with Crippen molar-refractivity contribution in [2.75, 3.05) is 25.3 Å². The van der Waals surface area contributed by atoms with E-state index in [4.69, 9.17) is 22.7 Å². The maximum Gasteiger partial charge on any atom is 0.410 e. The molecule has 1 atom stereocenters. The minimum Gasteiger partial charge on any atom is -0.382 e. The molecule has 1 unspecified atom stereocenters. The van der Waals surface area contributed by atoms with Crippen LogP contribution in [0.4, 0.5) is 11.5 Å². The molecular weight excluding hydrogens is 426 g/mol. The van der Waals surface area contributed by atoms with Crippen LogP contribution < -0.4 is 11.2 Å². The number of hydrazine groups is 1. The van der Waals surface area contributed by atoms with Gasteiger partial charge in [0.1, 0.15) is 11.0 Å². The van der Waals surface area contributed by atoms with E-state index in [-0.39, 0.29) is 16.4 Å². The highest BCUT2D eigenvalue weighted by atomic mass is 35.5. The number of anilines is 2. The van der Waals surface area contributed by atoms with Crippen molar-refractivity contribution in [1.82, 2.24) is 14.3 Å². The Labute approximate surface area is 180 Å². The Morgan fingerprint density at radius 1 is 1.17 bits per heavy atom. The van der Waals surface area contributed by atoms with E-state index in [1.165, 1.54) is 6.20 Å². The molecule has 9 nitrogen and oxygen atoms in total. The van der Waals surface area contributed by atoms with E-state index in [1.807, 2.05) is 0 Å². The number of halogens is 1. The maximum atomic E-state index is 12.4. The summed E-state index contributed by atoms with van der Waals surface area (Å²) in [6.45, 7) is 0. The van der Waals surface area contributed by atoms with E-state index >= 15 is 0 Å². The van der Waals surface area contributed by atoms with Crippen LogP contribution in [0.3, 0.4) is 0 Å². The summed E-state index contributed by atoms with van der Waals surface area (Å²) in [6.07, 6.45) is 1.45. The van der Waals surface area contributed by atoms with Crippen LogP contribution in [0.15, 0.2) is 59.6 Å². The Bertz CT molecular complexity index is 1120. The second kappa shape index (κ2) is 9.08. The summed E-state index contributed by atoms with van der Waals surface area (Å²) in [5.74, 6) is -0.546. The van der Waals surface area contributed by atoms with Gasteiger partial charge in [0.05, 0.1) is 27.3 Å². The van der Waals surface area contributed by atoms with Crippen LogP contribution in [0.1, 0.15) is 5.69 Å². The Morgan fingerprint density at radius 3 is 2.40 bits per heavy atom. The molecule has 3 rings (SSSR count). The zero-order valence-corrected chi connectivity index (χ0v) is 17.7. The number of nitrogens with two attached hydrogens (primary N) is 1. The third-order valence-corrected chi connectivity index (χ3v) is 5.58.